The summed E-state index contributed by atoms with van der Waals surface area (Å²) in [7, 11) is 3.10. The highest BCUT2D eigenvalue weighted by Gasteiger charge is 2.36. The van der Waals surface area contributed by atoms with Crippen LogP contribution in [0, 0.1) is 3.57 Å². The second-order valence-corrected chi connectivity index (χ2v) is 9.62. The Morgan fingerprint density at radius 2 is 1.71 bits per heavy atom. The highest BCUT2D eigenvalue weighted by atomic mass is 127. The van der Waals surface area contributed by atoms with Crippen LogP contribution >= 0.6 is 38.5 Å². The van der Waals surface area contributed by atoms with E-state index in [0.29, 0.717) is 29.2 Å². The molecule has 1 N–H and O–H groups in total. The van der Waals surface area contributed by atoms with E-state index in [1.807, 2.05) is 30.3 Å². The largest absolute Gasteiger partial charge is 0.497 e. The number of ether oxygens (including phenoxy) is 2. The summed E-state index contributed by atoms with van der Waals surface area (Å²) in [6.45, 7) is 0. The number of methoxy groups -OCH3 is 2. The van der Waals surface area contributed by atoms with Crippen LogP contribution in [0.15, 0.2) is 70.7 Å². The summed E-state index contributed by atoms with van der Waals surface area (Å²) in [4.78, 5) is 39.2. The molecule has 0 atom stereocenters. The minimum absolute atomic E-state index is 0.156. The highest BCUT2D eigenvalue weighted by Crippen LogP contribution is 2.32. The number of imide groups is 2. The first kappa shape index (κ1) is 24.9. The van der Waals surface area contributed by atoms with E-state index in [4.69, 9.17) is 9.47 Å². The lowest BCUT2D eigenvalue weighted by Crippen LogP contribution is -2.54. The number of amides is 4. The molecule has 3 aromatic rings. The van der Waals surface area contributed by atoms with Gasteiger partial charge in [0.2, 0.25) is 0 Å². The van der Waals surface area contributed by atoms with Crippen molar-refractivity contribution in [1.29, 1.82) is 0 Å². The van der Waals surface area contributed by atoms with Crippen molar-refractivity contribution in [3.63, 3.8) is 0 Å². The third kappa shape index (κ3) is 5.25. The van der Waals surface area contributed by atoms with Crippen LogP contribution in [-0.2, 0) is 16.0 Å². The molecule has 0 aromatic heterocycles. The molecule has 4 rings (SSSR count). The van der Waals surface area contributed by atoms with Crippen molar-refractivity contribution in [2.45, 2.75) is 6.42 Å². The number of rotatable bonds is 6. The van der Waals surface area contributed by atoms with Crippen LogP contribution in [-0.4, -0.2) is 32.1 Å². The Morgan fingerprint density at radius 1 is 1.00 bits per heavy atom. The Kier molecular flexibility index (Phi) is 7.56. The van der Waals surface area contributed by atoms with Gasteiger partial charge in [-0.1, -0.05) is 34.1 Å². The van der Waals surface area contributed by atoms with E-state index < -0.39 is 17.8 Å². The van der Waals surface area contributed by atoms with Gasteiger partial charge >= 0.3 is 6.03 Å². The van der Waals surface area contributed by atoms with Crippen LogP contribution in [0.1, 0.15) is 16.7 Å². The fourth-order valence-electron chi connectivity index (χ4n) is 3.69. The van der Waals surface area contributed by atoms with Crippen molar-refractivity contribution in [1.82, 2.24) is 5.32 Å². The van der Waals surface area contributed by atoms with E-state index >= 15 is 0 Å². The number of benzene rings is 3. The average molecular weight is 647 g/mol. The first-order valence-electron chi connectivity index (χ1n) is 10.5. The molecule has 0 aliphatic carbocycles. The molecular weight excluding hydrogens is 627 g/mol. The second-order valence-electron chi connectivity index (χ2n) is 7.61. The number of urea groups is 1. The summed E-state index contributed by atoms with van der Waals surface area (Å²) < 4.78 is 12.7. The Labute approximate surface area is 224 Å². The molecular formula is C26H20BrIN2O5. The normalized spacial score (nSPS) is 14.8. The van der Waals surface area contributed by atoms with Crippen LogP contribution in [0.3, 0.4) is 0 Å². The number of carbonyl (C=O) groups is 3. The van der Waals surface area contributed by atoms with Crippen molar-refractivity contribution in [3.05, 3.63) is 91.0 Å². The maximum Gasteiger partial charge on any atom is 0.335 e. The van der Waals surface area contributed by atoms with Gasteiger partial charge in [-0.25, -0.2) is 9.69 Å². The average Bonchev–Trinajstić information content (AvgIpc) is 2.84. The number of barbiturate groups is 1. The summed E-state index contributed by atoms with van der Waals surface area (Å²) >= 11 is 5.80. The molecule has 178 valence electrons. The number of nitrogens with one attached hydrogen (secondary N) is 1. The van der Waals surface area contributed by atoms with Crippen molar-refractivity contribution in [2.75, 3.05) is 19.1 Å². The van der Waals surface area contributed by atoms with E-state index in [1.165, 1.54) is 13.2 Å². The SMILES string of the molecule is COc1ccc(N2C(=O)NC(=O)/C(=C\c3cc(I)c(Cc4ccccc4Br)c(OC)c3)C2=O)cc1. The topological polar surface area (TPSA) is 84.9 Å². The maximum absolute atomic E-state index is 13.2. The zero-order valence-electron chi connectivity index (χ0n) is 18.8. The third-order valence-corrected chi connectivity index (χ3v) is 7.20. The van der Waals surface area contributed by atoms with Gasteiger partial charge in [-0.05, 0) is 82.3 Å². The van der Waals surface area contributed by atoms with Crippen LogP contribution in [0.5, 0.6) is 11.5 Å². The maximum atomic E-state index is 13.2. The lowest BCUT2D eigenvalue weighted by molar-refractivity contribution is -0.122. The van der Waals surface area contributed by atoms with E-state index in [1.54, 1.807) is 37.4 Å². The molecule has 3 aromatic carbocycles. The van der Waals surface area contributed by atoms with E-state index in [-0.39, 0.29) is 5.57 Å². The standard InChI is InChI=1S/C26H20BrIN2O5/c1-34-18-9-7-17(8-10-18)30-25(32)20(24(31)29-26(30)33)11-15-12-22(28)19(23(13-15)35-2)14-16-5-3-4-6-21(16)27/h3-13H,14H2,1-2H3,(H,29,31,33)/b20-11+. The lowest BCUT2D eigenvalue weighted by Gasteiger charge is -2.26. The summed E-state index contributed by atoms with van der Waals surface area (Å²) in [6, 6.07) is 17.2. The Balaban J connectivity index is 1.69. The molecule has 1 aliphatic rings. The molecule has 1 heterocycles. The van der Waals surface area contributed by atoms with Gasteiger partial charge in [0, 0.05) is 20.0 Å². The summed E-state index contributed by atoms with van der Waals surface area (Å²) in [5.41, 5.74) is 2.85. The Hall–Kier alpha value is -3.18. The first-order valence-corrected chi connectivity index (χ1v) is 12.3. The zero-order chi connectivity index (χ0) is 25.1. The van der Waals surface area contributed by atoms with E-state index in [2.05, 4.69) is 43.8 Å². The van der Waals surface area contributed by atoms with Crippen LogP contribution < -0.4 is 19.7 Å². The number of anilines is 1. The van der Waals surface area contributed by atoms with Gasteiger partial charge < -0.3 is 9.47 Å². The van der Waals surface area contributed by atoms with Crippen molar-refractivity contribution in [3.8, 4) is 11.5 Å². The number of halogens is 2. The predicted octanol–water partition coefficient (Wildman–Crippen LogP) is 5.33. The number of hydrogen-bond acceptors (Lipinski definition) is 5. The zero-order valence-corrected chi connectivity index (χ0v) is 22.5. The summed E-state index contributed by atoms with van der Waals surface area (Å²) in [6.07, 6.45) is 2.10. The van der Waals surface area contributed by atoms with Gasteiger partial charge in [-0.2, -0.15) is 0 Å². The van der Waals surface area contributed by atoms with E-state index in [9.17, 15) is 14.4 Å². The van der Waals surface area contributed by atoms with Crippen molar-refractivity contribution in [2.24, 2.45) is 0 Å². The van der Waals surface area contributed by atoms with Crippen LogP contribution in [0.4, 0.5) is 10.5 Å². The molecule has 1 aliphatic heterocycles. The number of carbonyl (C=O) groups excluding carboxylic acids is 3. The first-order chi connectivity index (χ1) is 16.8. The Morgan fingerprint density at radius 3 is 2.37 bits per heavy atom. The highest BCUT2D eigenvalue weighted by molar-refractivity contribution is 14.1. The van der Waals surface area contributed by atoms with Crippen LogP contribution in [0.25, 0.3) is 6.08 Å². The molecule has 0 saturated carbocycles. The molecule has 1 saturated heterocycles. The Bertz CT molecular complexity index is 1350. The number of hydrogen-bond donors (Lipinski definition) is 1. The minimum atomic E-state index is -0.807. The number of nitrogens with zero attached hydrogens (tertiary/aromatic N) is 1. The predicted molar refractivity (Wildman–Crippen MR) is 145 cm³/mol. The van der Waals surface area contributed by atoms with Gasteiger partial charge in [0.05, 0.1) is 19.9 Å². The molecule has 7 nitrogen and oxygen atoms in total. The molecule has 4 amide bonds. The molecule has 1 fully saturated rings. The molecule has 0 unspecified atom stereocenters. The van der Waals surface area contributed by atoms with Gasteiger partial charge in [0.25, 0.3) is 11.8 Å². The fraction of sp³-hybridized carbons (Fsp3) is 0.115. The molecule has 35 heavy (non-hydrogen) atoms. The van der Waals surface area contributed by atoms with Gasteiger partial charge in [0.15, 0.2) is 0 Å². The van der Waals surface area contributed by atoms with Gasteiger partial charge in [-0.3, -0.25) is 14.9 Å². The fourth-order valence-corrected chi connectivity index (χ4v) is 4.93. The van der Waals surface area contributed by atoms with E-state index in [0.717, 1.165) is 24.1 Å². The third-order valence-electron chi connectivity index (χ3n) is 5.47. The second kappa shape index (κ2) is 10.6. The summed E-state index contributed by atoms with van der Waals surface area (Å²) in [5.74, 6) is -0.257. The van der Waals surface area contributed by atoms with Gasteiger partial charge in [-0.15, -0.1) is 0 Å². The smallest absolute Gasteiger partial charge is 0.335 e. The monoisotopic (exact) mass is 646 g/mol. The molecule has 0 radical (unpaired) electrons. The quantitative estimate of drug-likeness (QED) is 0.222. The van der Waals surface area contributed by atoms with Gasteiger partial charge in [0.1, 0.15) is 17.1 Å². The minimum Gasteiger partial charge on any atom is -0.497 e. The summed E-state index contributed by atoms with van der Waals surface area (Å²) in [5, 5.41) is 2.24. The molecule has 0 spiro atoms. The van der Waals surface area contributed by atoms with Crippen LogP contribution in [0.2, 0.25) is 0 Å². The molecule has 9 heteroatoms. The lowest BCUT2D eigenvalue weighted by atomic mass is 10.0. The molecule has 0 bridgehead atoms. The van der Waals surface area contributed by atoms with Crippen molar-refractivity contribution < 1.29 is 23.9 Å². The van der Waals surface area contributed by atoms with Crippen molar-refractivity contribution >= 4 is 68.1 Å².